The van der Waals surface area contributed by atoms with Gasteiger partial charge in [0.05, 0.1) is 0 Å². The fraction of sp³-hybridized carbons (Fsp3) is 0.273. The minimum atomic E-state index is -0.116. The fourth-order valence-electron chi connectivity index (χ4n) is 1.77. The zero-order valence-corrected chi connectivity index (χ0v) is 8.46. The number of carbonyl (C=O) groups excluding carboxylic acids is 2. The molecule has 0 aromatic heterocycles. The van der Waals surface area contributed by atoms with Crippen molar-refractivity contribution in [3.63, 3.8) is 0 Å². The van der Waals surface area contributed by atoms with Crippen LogP contribution in [0.5, 0.6) is 0 Å². The molecule has 2 N–H and O–H groups in total. The molecule has 0 radical (unpaired) electrons. The maximum atomic E-state index is 11.5. The molecule has 0 atom stereocenters. The van der Waals surface area contributed by atoms with Gasteiger partial charge in [0.1, 0.15) is 0 Å². The summed E-state index contributed by atoms with van der Waals surface area (Å²) in [6, 6.07) is 5.36. The zero-order chi connectivity index (χ0) is 10.8. The van der Waals surface area contributed by atoms with Gasteiger partial charge in [-0.1, -0.05) is 6.07 Å². The second-order valence-electron chi connectivity index (χ2n) is 3.52. The van der Waals surface area contributed by atoms with Crippen LogP contribution in [0.2, 0.25) is 0 Å². The van der Waals surface area contributed by atoms with Gasteiger partial charge in [0.2, 0.25) is 5.91 Å². The molecular formula is C11H12N2O2. The Balaban J connectivity index is 2.44. The van der Waals surface area contributed by atoms with Crippen molar-refractivity contribution >= 4 is 17.5 Å². The molecule has 1 heterocycles. The first-order chi connectivity index (χ1) is 7.18. The third kappa shape index (κ3) is 1.83. The largest absolute Gasteiger partial charge is 0.352 e. The van der Waals surface area contributed by atoms with Crippen molar-refractivity contribution in [1.82, 2.24) is 5.32 Å². The molecule has 2 amide bonds. The summed E-state index contributed by atoms with van der Waals surface area (Å²) >= 11 is 0. The molecule has 0 saturated heterocycles. The van der Waals surface area contributed by atoms with Crippen molar-refractivity contribution in [3.05, 3.63) is 29.3 Å². The molecule has 0 spiro atoms. The zero-order valence-electron chi connectivity index (χ0n) is 8.46. The van der Waals surface area contributed by atoms with Crippen molar-refractivity contribution in [2.24, 2.45) is 0 Å². The van der Waals surface area contributed by atoms with Crippen LogP contribution < -0.4 is 10.6 Å². The molecule has 4 nitrogen and oxygen atoms in total. The van der Waals surface area contributed by atoms with E-state index in [0.29, 0.717) is 12.1 Å². The molecule has 2 rings (SSSR count). The SMILES string of the molecule is CC(=O)Nc1cccc2c1CCNC2=O. The van der Waals surface area contributed by atoms with Gasteiger partial charge in [0, 0.05) is 24.7 Å². The summed E-state index contributed by atoms with van der Waals surface area (Å²) in [6.07, 6.45) is 0.761. The van der Waals surface area contributed by atoms with Crippen molar-refractivity contribution in [2.45, 2.75) is 13.3 Å². The maximum absolute atomic E-state index is 11.5. The fourth-order valence-corrected chi connectivity index (χ4v) is 1.77. The molecule has 15 heavy (non-hydrogen) atoms. The number of nitrogens with one attached hydrogen (secondary N) is 2. The molecule has 78 valence electrons. The van der Waals surface area contributed by atoms with Crippen molar-refractivity contribution in [1.29, 1.82) is 0 Å². The van der Waals surface area contributed by atoms with E-state index < -0.39 is 0 Å². The summed E-state index contributed by atoms with van der Waals surface area (Å²) in [7, 11) is 0. The topological polar surface area (TPSA) is 58.2 Å². The summed E-state index contributed by atoms with van der Waals surface area (Å²) in [6.45, 7) is 2.09. The predicted octanol–water partition coefficient (Wildman–Crippen LogP) is 0.931. The molecule has 0 saturated carbocycles. The molecule has 0 aliphatic carbocycles. The molecule has 1 aliphatic rings. The molecule has 0 bridgehead atoms. The molecule has 4 heteroatoms. The summed E-state index contributed by atoms with van der Waals surface area (Å²) in [5.41, 5.74) is 2.33. The average Bonchev–Trinajstić information content (AvgIpc) is 2.19. The number of anilines is 1. The third-order valence-corrected chi connectivity index (χ3v) is 2.39. The van der Waals surface area contributed by atoms with Gasteiger partial charge in [-0.2, -0.15) is 0 Å². The Hall–Kier alpha value is -1.84. The second-order valence-corrected chi connectivity index (χ2v) is 3.52. The maximum Gasteiger partial charge on any atom is 0.251 e. The average molecular weight is 204 g/mol. The first-order valence-electron chi connectivity index (χ1n) is 4.86. The van der Waals surface area contributed by atoms with E-state index in [9.17, 15) is 9.59 Å². The molecule has 0 fully saturated rings. The van der Waals surface area contributed by atoms with Crippen LogP contribution >= 0.6 is 0 Å². The minimum absolute atomic E-state index is 0.0662. The Morgan fingerprint density at radius 1 is 1.47 bits per heavy atom. The number of hydrogen-bond acceptors (Lipinski definition) is 2. The highest BCUT2D eigenvalue weighted by Gasteiger charge is 2.19. The van der Waals surface area contributed by atoms with Crippen LogP contribution in [0.25, 0.3) is 0 Å². The summed E-state index contributed by atoms with van der Waals surface area (Å²) in [4.78, 5) is 22.5. The molecular weight excluding hydrogens is 192 g/mol. The number of rotatable bonds is 1. The van der Waals surface area contributed by atoms with Gasteiger partial charge in [-0.25, -0.2) is 0 Å². The van der Waals surface area contributed by atoms with Crippen LogP contribution in [-0.4, -0.2) is 18.4 Å². The van der Waals surface area contributed by atoms with Crippen molar-refractivity contribution < 1.29 is 9.59 Å². The lowest BCUT2D eigenvalue weighted by Crippen LogP contribution is -2.32. The molecule has 1 aromatic rings. The standard InChI is InChI=1S/C11H12N2O2/c1-7(14)13-10-4-2-3-9-8(10)5-6-12-11(9)15/h2-4H,5-6H2,1H3,(H,12,15)(H,13,14). The van der Waals surface area contributed by atoms with Crippen LogP contribution in [0.1, 0.15) is 22.8 Å². The monoisotopic (exact) mass is 204 g/mol. The Bertz CT molecular complexity index is 427. The first-order valence-corrected chi connectivity index (χ1v) is 4.86. The van der Waals surface area contributed by atoms with Crippen LogP contribution in [-0.2, 0) is 11.2 Å². The summed E-state index contributed by atoms with van der Waals surface area (Å²) in [5.74, 6) is -0.183. The van der Waals surface area contributed by atoms with Gasteiger partial charge >= 0.3 is 0 Å². The van der Waals surface area contributed by atoms with Crippen molar-refractivity contribution in [3.8, 4) is 0 Å². The lowest BCUT2D eigenvalue weighted by Gasteiger charge is -2.19. The van der Waals surface area contributed by atoms with Gasteiger partial charge < -0.3 is 10.6 Å². The third-order valence-electron chi connectivity index (χ3n) is 2.39. The molecule has 1 aliphatic heterocycles. The quantitative estimate of drug-likeness (QED) is 0.715. The van der Waals surface area contributed by atoms with Gasteiger partial charge in [-0.3, -0.25) is 9.59 Å². The Kier molecular flexibility index (Phi) is 2.41. The van der Waals surface area contributed by atoms with E-state index in [1.165, 1.54) is 6.92 Å². The summed E-state index contributed by atoms with van der Waals surface area (Å²) in [5, 5.41) is 5.50. The van der Waals surface area contributed by atoms with E-state index in [-0.39, 0.29) is 11.8 Å². The Morgan fingerprint density at radius 3 is 3.00 bits per heavy atom. The lowest BCUT2D eigenvalue weighted by molar-refractivity contribution is -0.114. The van der Waals surface area contributed by atoms with Crippen LogP contribution in [0, 0.1) is 0 Å². The predicted molar refractivity (Wildman–Crippen MR) is 56.8 cm³/mol. The minimum Gasteiger partial charge on any atom is -0.352 e. The van der Waals surface area contributed by atoms with Crippen LogP contribution in [0.4, 0.5) is 5.69 Å². The number of amides is 2. The normalized spacial score (nSPS) is 14.1. The smallest absolute Gasteiger partial charge is 0.251 e. The van der Waals surface area contributed by atoms with E-state index in [1.54, 1.807) is 12.1 Å². The van der Waals surface area contributed by atoms with Gasteiger partial charge in [0.25, 0.3) is 5.91 Å². The molecule has 1 aromatic carbocycles. The van der Waals surface area contributed by atoms with Crippen LogP contribution in [0.15, 0.2) is 18.2 Å². The second kappa shape index (κ2) is 3.73. The number of benzene rings is 1. The van der Waals surface area contributed by atoms with E-state index in [1.807, 2.05) is 6.07 Å². The van der Waals surface area contributed by atoms with E-state index >= 15 is 0 Å². The highest BCUT2D eigenvalue weighted by atomic mass is 16.2. The van der Waals surface area contributed by atoms with Gasteiger partial charge in [-0.05, 0) is 24.1 Å². The lowest BCUT2D eigenvalue weighted by atomic mass is 9.98. The van der Waals surface area contributed by atoms with Crippen molar-refractivity contribution in [2.75, 3.05) is 11.9 Å². The van der Waals surface area contributed by atoms with Crippen LogP contribution in [0.3, 0.4) is 0 Å². The first kappa shape index (κ1) is 9.71. The van der Waals surface area contributed by atoms with Gasteiger partial charge in [-0.15, -0.1) is 0 Å². The number of fused-ring (bicyclic) bond motifs is 1. The van der Waals surface area contributed by atoms with E-state index in [2.05, 4.69) is 10.6 Å². The van der Waals surface area contributed by atoms with E-state index in [4.69, 9.17) is 0 Å². The number of carbonyl (C=O) groups is 2. The van der Waals surface area contributed by atoms with E-state index in [0.717, 1.165) is 17.7 Å². The van der Waals surface area contributed by atoms with Gasteiger partial charge in [0.15, 0.2) is 0 Å². The number of hydrogen-bond donors (Lipinski definition) is 2. The highest BCUT2D eigenvalue weighted by molar-refractivity contribution is 6.00. The Morgan fingerprint density at radius 2 is 2.27 bits per heavy atom. The highest BCUT2D eigenvalue weighted by Crippen LogP contribution is 2.22. The summed E-state index contributed by atoms with van der Waals surface area (Å²) < 4.78 is 0. The molecule has 0 unspecified atom stereocenters. The Labute approximate surface area is 87.7 Å².